The second kappa shape index (κ2) is 7.80. The zero-order valence-electron chi connectivity index (χ0n) is 14.3. The van der Waals surface area contributed by atoms with E-state index >= 15 is 0 Å². The van der Waals surface area contributed by atoms with Crippen LogP contribution in [0.3, 0.4) is 0 Å². The first-order valence-corrected chi connectivity index (χ1v) is 9.08. The van der Waals surface area contributed by atoms with Crippen molar-refractivity contribution in [2.45, 2.75) is 17.3 Å². The van der Waals surface area contributed by atoms with Crippen LogP contribution < -0.4 is 16.2 Å². The molecule has 3 amide bonds. The standard InChI is InChI=1S/C16H15ClN6O3S/c1-8(13(24)21-15(26)18-2)27-16-20-12-11(14(25)22-16)7-19-23(12)10-5-3-4-9(17)6-10/h3-8H,1-2H3,(H,20,22,25)(H2,18,21,24,26). The van der Waals surface area contributed by atoms with Crippen molar-refractivity contribution >= 4 is 46.3 Å². The second-order valence-electron chi connectivity index (χ2n) is 5.47. The van der Waals surface area contributed by atoms with Crippen LogP contribution in [0.25, 0.3) is 16.7 Å². The summed E-state index contributed by atoms with van der Waals surface area (Å²) in [7, 11) is 1.41. The van der Waals surface area contributed by atoms with Crippen LogP contribution in [0, 0.1) is 0 Å². The van der Waals surface area contributed by atoms with Crippen molar-refractivity contribution in [2.24, 2.45) is 0 Å². The summed E-state index contributed by atoms with van der Waals surface area (Å²) >= 11 is 7.04. The maximum Gasteiger partial charge on any atom is 0.321 e. The minimum absolute atomic E-state index is 0.232. The molecule has 1 unspecified atom stereocenters. The number of carbonyl (C=O) groups is 2. The van der Waals surface area contributed by atoms with Crippen molar-refractivity contribution in [1.29, 1.82) is 0 Å². The summed E-state index contributed by atoms with van der Waals surface area (Å²) in [6.07, 6.45) is 1.41. The van der Waals surface area contributed by atoms with Gasteiger partial charge in [-0.25, -0.2) is 14.5 Å². The zero-order valence-corrected chi connectivity index (χ0v) is 15.9. The highest BCUT2D eigenvalue weighted by Gasteiger charge is 2.19. The lowest BCUT2D eigenvalue weighted by molar-refractivity contribution is -0.119. The van der Waals surface area contributed by atoms with Gasteiger partial charge in [0.2, 0.25) is 5.91 Å². The Morgan fingerprint density at radius 1 is 1.37 bits per heavy atom. The summed E-state index contributed by atoms with van der Waals surface area (Å²) in [5.74, 6) is -0.509. The first kappa shape index (κ1) is 18.9. The Balaban J connectivity index is 1.94. The fourth-order valence-electron chi connectivity index (χ4n) is 2.25. The molecule has 0 saturated carbocycles. The Morgan fingerprint density at radius 3 is 2.85 bits per heavy atom. The second-order valence-corrected chi connectivity index (χ2v) is 7.24. The Hall–Kier alpha value is -2.85. The molecule has 2 aromatic heterocycles. The number of aromatic nitrogens is 4. The highest BCUT2D eigenvalue weighted by atomic mass is 35.5. The van der Waals surface area contributed by atoms with Crippen molar-refractivity contribution in [1.82, 2.24) is 30.4 Å². The van der Waals surface area contributed by atoms with Crippen molar-refractivity contribution in [3.63, 3.8) is 0 Å². The minimum atomic E-state index is -0.662. The van der Waals surface area contributed by atoms with Gasteiger partial charge in [-0.05, 0) is 25.1 Å². The van der Waals surface area contributed by atoms with Gasteiger partial charge in [-0.2, -0.15) is 5.10 Å². The number of aromatic amines is 1. The van der Waals surface area contributed by atoms with Gasteiger partial charge < -0.3 is 10.3 Å². The van der Waals surface area contributed by atoms with E-state index in [1.165, 1.54) is 17.9 Å². The van der Waals surface area contributed by atoms with E-state index in [9.17, 15) is 14.4 Å². The number of hydrogen-bond acceptors (Lipinski definition) is 6. The number of halogens is 1. The molecule has 0 aliphatic heterocycles. The van der Waals surface area contributed by atoms with Gasteiger partial charge in [0.25, 0.3) is 5.56 Å². The van der Waals surface area contributed by atoms with Gasteiger partial charge in [0.15, 0.2) is 10.8 Å². The summed E-state index contributed by atoms with van der Waals surface area (Å²) in [4.78, 5) is 42.6. The van der Waals surface area contributed by atoms with Crippen molar-refractivity contribution < 1.29 is 9.59 Å². The fraction of sp³-hybridized carbons (Fsp3) is 0.188. The smallest absolute Gasteiger partial charge is 0.321 e. The maximum absolute atomic E-state index is 12.3. The molecular weight excluding hydrogens is 392 g/mol. The van der Waals surface area contributed by atoms with Crippen molar-refractivity contribution in [2.75, 3.05) is 7.05 Å². The predicted octanol–water partition coefficient (Wildman–Crippen LogP) is 1.70. The van der Waals surface area contributed by atoms with Crippen LogP contribution in [-0.4, -0.2) is 44.0 Å². The topological polar surface area (TPSA) is 122 Å². The van der Waals surface area contributed by atoms with Gasteiger partial charge in [0.1, 0.15) is 5.39 Å². The number of fused-ring (bicyclic) bond motifs is 1. The van der Waals surface area contributed by atoms with E-state index < -0.39 is 17.2 Å². The molecule has 0 aliphatic rings. The number of nitrogens with one attached hydrogen (secondary N) is 3. The van der Waals surface area contributed by atoms with Gasteiger partial charge in [0, 0.05) is 12.1 Å². The lowest BCUT2D eigenvalue weighted by atomic mass is 10.3. The Kier molecular flexibility index (Phi) is 5.47. The number of nitrogens with zero attached hydrogens (tertiary/aromatic N) is 3. The number of urea groups is 1. The highest BCUT2D eigenvalue weighted by Crippen LogP contribution is 2.22. The molecule has 3 N–H and O–H groups in total. The molecule has 140 valence electrons. The summed E-state index contributed by atoms with van der Waals surface area (Å²) in [5, 5.41) is 9.09. The van der Waals surface area contributed by atoms with Crippen LogP contribution in [0.2, 0.25) is 5.02 Å². The van der Waals surface area contributed by atoms with E-state index in [1.807, 2.05) is 0 Å². The Labute approximate surface area is 162 Å². The molecule has 3 rings (SSSR count). The summed E-state index contributed by atoms with van der Waals surface area (Å²) in [5.41, 5.74) is 0.606. The van der Waals surface area contributed by atoms with Crippen LogP contribution in [0.1, 0.15) is 6.92 Å². The molecule has 0 radical (unpaired) electrons. The van der Waals surface area contributed by atoms with Crippen LogP contribution in [0.5, 0.6) is 0 Å². The Morgan fingerprint density at radius 2 is 2.15 bits per heavy atom. The molecule has 1 atom stereocenters. The van der Waals surface area contributed by atoms with E-state index in [-0.39, 0.29) is 10.7 Å². The lowest BCUT2D eigenvalue weighted by Crippen LogP contribution is -2.41. The summed E-state index contributed by atoms with van der Waals surface area (Å²) in [6, 6.07) is 6.36. The van der Waals surface area contributed by atoms with Gasteiger partial charge >= 0.3 is 6.03 Å². The zero-order chi connectivity index (χ0) is 19.6. The number of H-pyrrole nitrogens is 1. The van der Waals surface area contributed by atoms with Crippen LogP contribution in [-0.2, 0) is 4.79 Å². The minimum Gasteiger partial charge on any atom is -0.341 e. The first-order valence-electron chi connectivity index (χ1n) is 7.82. The molecule has 0 fully saturated rings. The average Bonchev–Trinajstić information content (AvgIpc) is 3.06. The van der Waals surface area contributed by atoms with E-state index in [0.717, 1.165) is 11.8 Å². The van der Waals surface area contributed by atoms with Crippen LogP contribution in [0.4, 0.5) is 4.79 Å². The molecule has 0 spiro atoms. The Bertz CT molecular complexity index is 1080. The molecule has 11 heteroatoms. The van der Waals surface area contributed by atoms with Gasteiger partial charge in [0.05, 0.1) is 17.1 Å². The summed E-state index contributed by atoms with van der Waals surface area (Å²) < 4.78 is 1.50. The quantitative estimate of drug-likeness (QED) is 0.447. The number of amides is 3. The molecule has 27 heavy (non-hydrogen) atoms. The summed E-state index contributed by atoms with van der Waals surface area (Å²) in [6.45, 7) is 1.60. The number of thioether (sulfide) groups is 1. The lowest BCUT2D eigenvalue weighted by Gasteiger charge is -2.10. The third kappa shape index (κ3) is 4.12. The normalized spacial score (nSPS) is 12.0. The molecule has 2 heterocycles. The molecule has 9 nitrogen and oxygen atoms in total. The van der Waals surface area contributed by atoms with Gasteiger partial charge in [-0.3, -0.25) is 14.9 Å². The largest absolute Gasteiger partial charge is 0.341 e. The third-order valence-electron chi connectivity index (χ3n) is 3.59. The van der Waals surface area contributed by atoms with Gasteiger partial charge in [-0.1, -0.05) is 29.4 Å². The molecule has 0 saturated heterocycles. The van der Waals surface area contributed by atoms with E-state index in [1.54, 1.807) is 31.2 Å². The first-order chi connectivity index (χ1) is 12.9. The number of benzene rings is 1. The van der Waals surface area contributed by atoms with E-state index in [0.29, 0.717) is 21.7 Å². The maximum atomic E-state index is 12.3. The number of carbonyl (C=O) groups excluding carboxylic acids is 2. The molecule has 0 aliphatic carbocycles. The SMILES string of the molecule is CNC(=O)NC(=O)C(C)Sc1nc2c(cnn2-c2cccc(Cl)c2)c(=O)[nH]1. The highest BCUT2D eigenvalue weighted by molar-refractivity contribution is 8.00. The van der Waals surface area contributed by atoms with Gasteiger partial charge in [-0.15, -0.1) is 0 Å². The van der Waals surface area contributed by atoms with Crippen molar-refractivity contribution in [3.05, 3.63) is 45.8 Å². The number of hydrogen-bond donors (Lipinski definition) is 3. The van der Waals surface area contributed by atoms with Crippen molar-refractivity contribution in [3.8, 4) is 5.69 Å². The van der Waals surface area contributed by atoms with E-state index in [4.69, 9.17) is 11.6 Å². The molecule has 3 aromatic rings. The fourth-order valence-corrected chi connectivity index (χ4v) is 3.22. The predicted molar refractivity (Wildman–Crippen MR) is 102 cm³/mol. The third-order valence-corrected chi connectivity index (χ3v) is 4.81. The van der Waals surface area contributed by atoms with Crippen LogP contribution in [0.15, 0.2) is 40.4 Å². The molecular formula is C16H15ClN6O3S. The molecule has 1 aromatic carbocycles. The van der Waals surface area contributed by atoms with E-state index in [2.05, 4.69) is 25.7 Å². The average molecular weight is 407 g/mol. The molecule has 0 bridgehead atoms. The number of imide groups is 1. The number of rotatable bonds is 4. The monoisotopic (exact) mass is 406 g/mol. The van der Waals surface area contributed by atoms with Crippen LogP contribution >= 0.6 is 23.4 Å².